The number of ether oxygens (including phenoxy) is 1. The average molecular weight is 538 g/mol. The Morgan fingerprint density at radius 1 is 1.08 bits per heavy atom. The Kier molecular flexibility index (Phi) is 7.15. The van der Waals surface area contributed by atoms with Crippen LogP contribution in [0.5, 0.6) is 5.75 Å². The highest BCUT2D eigenvalue weighted by molar-refractivity contribution is 5.60. The van der Waals surface area contributed by atoms with E-state index in [1.807, 2.05) is 0 Å². The number of hydrogen-bond acceptors (Lipinski definition) is 3. The quantitative estimate of drug-likeness (QED) is 0.316. The molecule has 2 atom stereocenters. The van der Waals surface area contributed by atoms with Crippen LogP contribution in [-0.2, 0) is 24.6 Å². The van der Waals surface area contributed by atoms with E-state index >= 15 is 0 Å². The van der Waals surface area contributed by atoms with Crippen LogP contribution < -0.4 is 4.74 Å². The molecule has 208 valence electrons. The second kappa shape index (κ2) is 10.1. The molecule has 0 unspecified atom stereocenters. The Morgan fingerprint density at radius 3 is 2.51 bits per heavy atom. The predicted molar refractivity (Wildman–Crippen MR) is 148 cm³/mol. The fraction of sp³-hybridized carbons (Fsp3) is 0.500. The molecule has 2 aliphatic rings. The summed E-state index contributed by atoms with van der Waals surface area (Å²) in [6.07, 6.45) is 6.93. The van der Waals surface area contributed by atoms with Crippen molar-refractivity contribution in [1.29, 1.82) is 0 Å². The number of aromatic nitrogens is 3. The second-order valence-corrected chi connectivity index (χ2v) is 12.4. The Hall–Kier alpha value is -3.09. The summed E-state index contributed by atoms with van der Waals surface area (Å²) in [4.78, 5) is 0. The van der Waals surface area contributed by atoms with Gasteiger partial charge in [0.1, 0.15) is 18.1 Å². The van der Waals surface area contributed by atoms with Crippen LogP contribution in [0.25, 0.3) is 12.3 Å². The molecule has 1 saturated carbocycles. The first kappa shape index (κ1) is 27.5. The topological polar surface area (TPSA) is 39.9 Å². The van der Waals surface area contributed by atoms with Gasteiger partial charge in [0.05, 0.1) is 11.8 Å². The van der Waals surface area contributed by atoms with Gasteiger partial charge in [-0.15, -0.1) is 5.10 Å². The molecule has 0 saturated heterocycles. The van der Waals surface area contributed by atoms with Gasteiger partial charge in [0.2, 0.25) is 0 Å². The number of rotatable bonds is 6. The van der Waals surface area contributed by atoms with Crippen LogP contribution in [0.4, 0.5) is 13.2 Å². The van der Waals surface area contributed by atoms with E-state index in [9.17, 15) is 13.2 Å². The third kappa shape index (κ3) is 5.37. The normalized spacial score (nSPS) is 22.6. The monoisotopic (exact) mass is 537 g/mol. The number of hydrogen-bond donors (Lipinski definition) is 0. The standard InChI is InChI=1S/C32H38F3N3O/c1-21(2)29-25-11-14-28-30(3,4)16-6-17-31(28,5)26(25)12-13-27(29)39-20-24-19-38(37-36-24)18-15-22-7-9-23(10-8-22)32(33,34)35/h7-10,12-13,15,18-19,21,28H,6,11,14,16-17,20H2,1-5H3/b18-15+/t28-,31+/m0/s1. The zero-order valence-corrected chi connectivity index (χ0v) is 23.5. The Balaban J connectivity index is 1.31. The van der Waals surface area contributed by atoms with Gasteiger partial charge in [-0.05, 0) is 89.3 Å². The van der Waals surface area contributed by atoms with E-state index in [1.54, 1.807) is 23.2 Å². The van der Waals surface area contributed by atoms with Gasteiger partial charge in [-0.3, -0.25) is 0 Å². The number of halogens is 3. The third-order valence-corrected chi connectivity index (χ3v) is 9.01. The van der Waals surface area contributed by atoms with Crippen LogP contribution >= 0.6 is 0 Å². The molecule has 0 aliphatic heterocycles. The van der Waals surface area contributed by atoms with Crippen molar-refractivity contribution in [3.8, 4) is 5.75 Å². The minimum Gasteiger partial charge on any atom is -0.487 e. The predicted octanol–water partition coefficient (Wildman–Crippen LogP) is 8.66. The number of fused-ring (bicyclic) bond motifs is 3. The molecular formula is C32H38F3N3O. The molecule has 2 aromatic carbocycles. The van der Waals surface area contributed by atoms with E-state index in [-0.39, 0.29) is 5.41 Å². The summed E-state index contributed by atoms with van der Waals surface area (Å²) in [5.74, 6) is 1.95. The molecule has 1 heterocycles. The summed E-state index contributed by atoms with van der Waals surface area (Å²) in [5.41, 5.74) is 5.53. The van der Waals surface area contributed by atoms with E-state index in [1.165, 1.54) is 54.5 Å². The van der Waals surface area contributed by atoms with Gasteiger partial charge in [-0.2, -0.15) is 13.2 Å². The molecule has 0 radical (unpaired) electrons. The maximum Gasteiger partial charge on any atom is 0.416 e. The molecule has 0 spiro atoms. The summed E-state index contributed by atoms with van der Waals surface area (Å²) in [5, 5.41) is 8.34. The van der Waals surface area contributed by atoms with E-state index in [4.69, 9.17) is 4.74 Å². The summed E-state index contributed by atoms with van der Waals surface area (Å²) < 4.78 is 46.2. The van der Waals surface area contributed by atoms with Crippen LogP contribution in [0, 0.1) is 11.3 Å². The lowest BCUT2D eigenvalue weighted by molar-refractivity contribution is -0.137. The number of benzene rings is 2. The van der Waals surface area contributed by atoms with Crippen LogP contribution in [-0.4, -0.2) is 15.0 Å². The summed E-state index contributed by atoms with van der Waals surface area (Å²) in [6, 6.07) is 9.47. The summed E-state index contributed by atoms with van der Waals surface area (Å²) in [6.45, 7) is 12.2. The van der Waals surface area contributed by atoms with Gasteiger partial charge in [0.25, 0.3) is 0 Å². The van der Waals surface area contributed by atoms with Gasteiger partial charge in [0, 0.05) is 11.8 Å². The van der Waals surface area contributed by atoms with Crippen molar-refractivity contribution in [2.24, 2.45) is 11.3 Å². The lowest BCUT2D eigenvalue weighted by Crippen LogP contribution is -2.48. The SMILES string of the molecule is CC(C)c1c(OCc2cn(/C=C/c3ccc(C(F)(F)F)cc3)nn2)ccc2c1CC[C@H]1C(C)(C)CCC[C@]21C. The minimum absolute atomic E-state index is 0.208. The highest BCUT2D eigenvalue weighted by Crippen LogP contribution is 2.58. The highest BCUT2D eigenvalue weighted by atomic mass is 19.4. The molecule has 1 fully saturated rings. The smallest absolute Gasteiger partial charge is 0.416 e. The van der Waals surface area contributed by atoms with Crippen LogP contribution in [0.3, 0.4) is 0 Å². The molecule has 2 aliphatic carbocycles. The first-order chi connectivity index (χ1) is 18.4. The van der Waals surface area contributed by atoms with Crippen LogP contribution in [0.2, 0.25) is 0 Å². The maximum atomic E-state index is 12.8. The highest BCUT2D eigenvalue weighted by Gasteiger charge is 2.50. The first-order valence-electron chi connectivity index (χ1n) is 13.9. The zero-order chi connectivity index (χ0) is 28.0. The summed E-state index contributed by atoms with van der Waals surface area (Å²) in [7, 11) is 0. The van der Waals surface area contributed by atoms with Crippen LogP contribution in [0.15, 0.2) is 42.6 Å². The number of alkyl halides is 3. The molecule has 5 rings (SSSR count). The van der Waals surface area contributed by atoms with E-state index in [0.29, 0.717) is 35.1 Å². The van der Waals surface area contributed by atoms with Crippen molar-refractivity contribution in [2.45, 2.75) is 90.8 Å². The lowest BCUT2D eigenvalue weighted by Gasteiger charge is -2.54. The summed E-state index contributed by atoms with van der Waals surface area (Å²) >= 11 is 0. The molecule has 0 N–H and O–H groups in total. The number of nitrogens with zero attached hydrogens (tertiary/aromatic N) is 3. The van der Waals surface area contributed by atoms with Gasteiger partial charge in [-0.1, -0.05) is 64.5 Å². The molecule has 4 nitrogen and oxygen atoms in total. The molecule has 7 heteroatoms. The largest absolute Gasteiger partial charge is 0.487 e. The molecule has 0 amide bonds. The Labute approximate surface area is 229 Å². The lowest BCUT2D eigenvalue weighted by atomic mass is 9.50. The van der Waals surface area contributed by atoms with Crippen molar-refractivity contribution in [3.63, 3.8) is 0 Å². The van der Waals surface area contributed by atoms with Crippen molar-refractivity contribution in [3.05, 3.63) is 76.1 Å². The van der Waals surface area contributed by atoms with Crippen molar-refractivity contribution >= 4 is 12.3 Å². The molecular weight excluding hydrogens is 499 g/mol. The van der Waals surface area contributed by atoms with Crippen molar-refractivity contribution < 1.29 is 17.9 Å². The molecule has 39 heavy (non-hydrogen) atoms. The zero-order valence-electron chi connectivity index (χ0n) is 23.5. The van der Waals surface area contributed by atoms with Crippen molar-refractivity contribution in [2.75, 3.05) is 0 Å². The Bertz CT molecular complexity index is 1350. The molecule has 0 bridgehead atoms. The van der Waals surface area contributed by atoms with Crippen molar-refractivity contribution in [1.82, 2.24) is 15.0 Å². The van der Waals surface area contributed by atoms with Crippen LogP contribution in [0.1, 0.15) is 99.7 Å². The fourth-order valence-corrected chi connectivity index (χ4v) is 7.20. The van der Waals surface area contributed by atoms with E-state index < -0.39 is 11.7 Å². The average Bonchev–Trinajstić information content (AvgIpc) is 3.32. The fourth-order valence-electron chi connectivity index (χ4n) is 7.20. The Morgan fingerprint density at radius 2 is 1.82 bits per heavy atom. The van der Waals surface area contributed by atoms with Gasteiger partial charge in [0.15, 0.2) is 0 Å². The van der Waals surface area contributed by atoms with E-state index in [0.717, 1.165) is 24.3 Å². The molecule has 3 aromatic rings. The van der Waals surface area contributed by atoms with E-state index in [2.05, 4.69) is 57.1 Å². The van der Waals surface area contributed by atoms with Gasteiger partial charge >= 0.3 is 6.18 Å². The third-order valence-electron chi connectivity index (χ3n) is 9.01. The van der Waals surface area contributed by atoms with Gasteiger partial charge < -0.3 is 4.74 Å². The minimum atomic E-state index is -4.34. The van der Waals surface area contributed by atoms with Gasteiger partial charge in [-0.25, -0.2) is 4.68 Å². The second-order valence-electron chi connectivity index (χ2n) is 12.4. The maximum absolute atomic E-state index is 12.8. The molecule has 1 aromatic heterocycles. The first-order valence-corrected chi connectivity index (χ1v) is 13.9.